The van der Waals surface area contributed by atoms with Gasteiger partial charge < -0.3 is 14.8 Å². The summed E-state index contributed by atoms with van der Waals surface area (Å²) in [7, 11) is 5.56. The molecule has 0 aromatic heterocycles. The monoisotopic (exact) mass is 263 g/mol. The third-order valence-corrected chi connectivity index (χ3v) is 4.37. The van der Waals surface area contributed by atoms with Crippen LogP contribution in [0, 0.1) is 0 Å². The Morgan fingerprint density at radius 1 is 1.05 bits per heavy atom. The Morgan fingerprint density at radius 3 is 2.16 bits per heavy atom. The summed E-state index contributed by atoms with van der Waals surface area (Å²) in [5, 5.41) is 3.45. The molecule has 1 aliphatic rings. The minimum absolute atomic E-state index is 0.0679. The van der Waals surface area contributed by atoms with Crippen LogP contribution in [0.1, 0.15) is 43.7 Å². The molecule has 3 heteroatoms. The van der Waals surface area contributed by atoms with E-state index in [0.29, 0.717) is 0 Å². The number of rotatable bonds is 5. The molecule has 0 radical (unpaired) electrons. The van der Waals surface area contributed by atoms with Crippen molar-refractivity contribution in [3.05, 3.63) is 29.8 Å². The molecule has 3 nitrogen and oxygen atoms in total. The standard InChI is InChI=1S/C16H25NO2/c1-17-15(13-7-9-14(18-2)10-8-13)16(19-3)11-5-4-6-12-16/h7-10,15,17H,4-6,11-12H2,1-3H3. The molecule has 1 N–H and O–H groups in total. The number of ether oxygens (including phenoxy) is 2. The third-order valence-electron chi connectivity index (χ3n) is 4.37. The first-order valence-electron chi connectivity index (χ1n) is 7.12. The lowest BCUT2D eigenvalue weighted by atomic mass is 9.76. The van der Waals surface area contributed by atoms with Crippen LogP contribution in [0.2, 0.25) is 0 Å². The fourth-order valence-corrected chi connectivity index (χ4v) is 3.29. The van der Waals surface area contributed by atoms with Crippen LogP contribution >= 0.6 is 0 Å². The molecule has 1 aliphatic carbocycles. The number of hydrogen-bond donors (Lipinski definition) is 1. The van der Waals surface area contributed by atoms with E-state index in [9.17, 15) is 0 Å². The predicted octanol–water partition coefficient (Wildman–Crippen LogP) is 3.31. The van der Waals surface area contributed by atoms with E-state index in [2.05, 4.69) is 17.4 Å². The Hall–Kier alpha value is -1.06. The van der Waals surface area contributed by atoms with Crippen molar-refractivity contribution in [2.24, 2.45) is 0 Å². The predicted molar refractivity (Wildman–Crippen MR) is 77.6 cm³/mol. The Kier molecular flexibility index (Phi) is 4.83. The van der Waals surface area contributed by atoms with E-state index < -0.39 is 0 Å². The van der Waals surface area contributed by atoms with Gasteiger partial charge in [-0.05, 0) is 37.6 Å². The van der Waals surface area contributed by atoms with Crippen molar-refractivity contribution >= 4 is 0 Å². The van der Waals surface area contributed by atoms with Gasteiger partial charge in [0.15, 0.2) is 0 Å². The van der Waals surface area contributed by atoms with Crippen molar-refractivity contribution in [1.82, 2.24) is 5.32 Å². The second-order valence-corrected chi connectivity index (χ2v) is 5.32. The Bertz CT molecular complexity index is 382. The molecule has 2 rings (SSSR count). The van der Waals surface area contributed by atoms with E-state index in [1.54, 1.807) is 7.11 Å². The smallest absolute Gasteiger partial charge is 0.118 e. The maximum atomic E-state index is 5.95. The van der Waals surface area contributed by atoms with E-state index in [0.717, 1.165) is 18.6 Å². The van der Waals surface area contributed by atoms with Gasteiger partial charge in [-0.3, -0.25) is 0 Å². The fraction of sp³-hybridized carbons (Fsp3) is 0.625. The highest BCUT2D eigenvalue weighted by Crippen LogP contribution is 2.41. The second-order valence-electron chi connectivity index (χ2n) is 5.32. The maximum Gasteiger partial charge on any atom is 0.118 e. The summed E-state index contributed by atoms with van der Waals surface area (Å²) in [5.41, 5.74) is 1.20. The van der Waals surface area contributed by atoms with E-state index in [1.807, 2.05) is 26.3 Å². The summed E-state index contributed by atoms with van der Waals surface area (Å²) < 4.78 is 11.2. The average molecular weight is 263 g/mol. The summed E-state index contributed by atoms with van der Waals surface area (Å²) in [4.78, 5) is 0. The number of nitrogens with one attached hydrogen (secondary N) is 1. The molecule has 1 atom stereocenters. The molecule has 1 unspecified atom stereocenters. The van der Waals surface area contributed by atoms with Gasteiger partial charge in [0.1, 0.15) is 5.75 Å². The van der Waals surface area contributed by atoms with Gasteiger partial charge >= 0.3 is 0 Å². The van der Waals surface area contributed by atoms with Crippen LogP contribution in [0.15, 0.2) is 24.3 Å². The molecule has 19 heavy (non-hydrogen) atoms. The molecule has 1 aromatic rings. The van der Waals surface area contributed by atoms with Crippen molar-refractivity contribution < 1.29 is 9.47 Å². The Balaban J connectivity index is 2.25. The lowest BCUT2D eigenvalue weighted by molar-refractivity contribution is -0.0671. The highest BCUT2D eigenvalue weighted by atomic mass is 16.5. The zero-order valence-electron chi connectivity index (χ0n) is 12.2. The van der Waals surface area contributed by atoms with E-state index >= 15 is 0 Å². The van der Waals surface area contributed by atoms with E-state index in [-0.39, 0.29) is 11.6 Å². The summed E-state index contributed by atoms with van der Waals surface area (Å²) in [6.07, 6.45) is 6.08. The van der Waals surface area contributed by atoms with Crippen molar-refractivity contribution in [3.63, 3.8) is 0 Å². The summed E-state index contributed by atoms with van der Waals surface area (Å²) in [6, 6.07) is 8.55. The molecule has 0 bridgehead atoms. The van der Waals surface area contributed by atoms with Crippen LogP contribution < -0.4 is 10.1 Å². The quantitative estimate of drug-likeness (QED) is 0.884. The fourth-order valence-electron chi connectivity index (χ4n) is 3.29. The Morgan fingerprint density at radius 2 is 1.68 bits per heavy atom. The second kappa shape index (κ2) is 6.40. The van der Waals surface area contributed by atoms with Gasteiger partial charge in [-0.15, -0.1) is 0 Å². The highest BCUT2D eigenvalue weighted by molar-refractivity contribution is 5.30. The SMILES string of the molecule is CNC(c1ccc(OC)cc1)C1(OC)CCCCC1. The number of benzene rings is 1. The molecule has 1 saturated carbocycles. The molecule has 0 amide bonds. The molecule has 0 heterocycles. The van der Waals surface area contributed by atoms with Crippen molar-refractivity contribution in [1.29, 1.82) is 0 Å². The largest absolute Gasteiger partial charge is 0.497 e. The summed E-state index contributed by atoms with van der Waals surface area (Å²) in [5.74, 6) is 0.897. The van der Waals surface area contributed by atoms with Gasteiger partial charge in [-0.25, -0.2) is 0 Å². The third kappa shape index (κ3) is 2.93. The van der Waals surface area contributed by atoms with Crippen molar-refractivity contribution in [3.8, 4) is 5.75 Å². The highest BCUT2D eigenvalue weighted by Gasteiger charge is 2.40. The Labute approximate surface area is 116 Å². The van der Waals surface area contributed by atoms with E-state index in [1.165, 1.54) is 24.8 Å². The normalized spacial score (nSPS) is 19.9. The number of likely N-dealkylation sites (N-methyl/N-ethyl adjacent to an activating group) is 1. The molecular formula is C16H25NO2. The maximum absolute atomic E-state index is 5.95. The first-order chi connectivity index (χ1) is 9.25. The molecule has 0 spiro atoms. The molecule has 1 aromatic carbocycles. The van der Waals surface area contributed by atoms with Gasteiger partial charge in [-0.2, -0.15) is 0 Å². The van der Waals surface area contributed by atoms with Crippen LogP contribution in [-0.4, -0.2) is 26.9 Å². The summed E-state index contributed by atoms with van der Waals surface area (Å²) in [6.45, 7) is 0. The molecule has 1 fully saturated rings. The minimum atomic E-state index is -0.0679. The minimum Gasteiger partial charge on any atom is -0.497 e. The van der Waals surface area contributed by atoms with Gasteiger partial charge in [0.2, 0.25) is 0 Å². The zero-order chi connectivity index (χ0) is 13.7. The van der Waals surface area contributed by atoms with Crippen molar-refractivity contribution in [2.75, 3.05) is 21.3 Å². The van der Waals surface area contributed by atoms with Crippen LogP contribution in [-0.2, 0) is 4.74 Å². The lowest BCUT2D eigenvalue weighted by Gasteiger charge is -2.42. The number of hydrogen-bond acceptors (Lipinski definition) is 3. The van der Waals surface area contributed by atoms with Crippen LogP contribution in [0.3, 0.4) is 0 Å². The first-order valence-corrected chi connectivity index (χ1v) is 7.12. The lowest BCUT2D eigenvalue weighted by Crippen LogP contribution is -2.45. The van der Waals surface area contributed by atoms with Crippen LogP contribution in [0.5, 0.6) is 5.75 Å². The zero-order valence-corrected chi connectivity index (χ0v) is 12.2. The van der Waals surface area contributed by atoms with E-state index in [4.69, 9.17) is 9.47 Å². The molecule has 0 saturated heterocycles. The summed E-state index contributed by atoms with van der Waals surface area (Å²) >= 11 is 0. The first kappa shape index (κ1) is 14.4. The molecular weight excluding hydrogens is 238 g/mol. The van der Waals surface area contributed by atoms with Gasteiger partial charge in [0.05, 0.1) is 18.8 Å². The average Bonchev–Trinajstić information content (AvgIpc) is 2.49. The van der Waals surface area contributed by atoms with Gasteiger partial charge in [-0.1, -0.05) is 31.4 Å². The molecule has 0 aliphatic heterocycles. The van der Waals surface area contributed by atoms with Gasteiger partial charge in [0, 0.05) is 7.11 Å². The van der Waals surface area contributed by atoms with Crippen LogP contribution in [0.4, 0.5) is 0 Å². The molecule has 106 valence electrons. The topological polar surface area (TPSA) is 30.5 Å². The van der Waals surface area contributed by atoms with Crippen molar-refractivity contribution in [2.45, 2.75) is 43.7 Å². The van der Waals surface area contributed by atoms with Gasteiger partial charge in [0.25, 0.3) is 0 Å². The number of methoxy groups -OCH3 is 2. The van der Waals surface area contributed by atoms with Crippen LogP contribution in [0.25, 0.3) is 0 Å².